The van der Waals surface area contributed by atoms with Crippen molar-refractivity contribution in [3.63, 3.8) is 0 Å². The van der Waals surface area contributed by atoms with Crippen molar-refractivity contribution in [1.29, 1.82) is 0 Å². The van der Waals surface area contributed by atoms with E-state index in [1.165, 1.54) is 42.1 Å². The highest BCUT2D eigenvalue weighted by Crippen LogP contribution is 2.48. The van der Waals surface area contributed by atoms with Crippen molar-refractivity contribution in [2.45, 2.75) is 35.0 Å². The summed E-state index contributed by atoms with van der Waals surface area (Å²) in [4.78, 5) is 5.41. The lowest BCUT2D eigenvalue weighted by molar-refractivity contribution is 0.197. The quantitative estimate of drug-likeness (QED) is 0.713. The van der Waals surface area contributed by atoms with Crippen LogP contribution in [-0.2, 0) is 0 Å². The molecule has 1 atom stereocenters. The van der Waals surface area contributed by atoms with E-state index in [-0.39, 0.29) is 12.4 Å². The van der Waals surface area contributed by atoms with Gasteiger partial charge in [-0.3, -0.25) is 0 Å². The van der Waals surface area contributed by atoms with Crippen LogP contribution in [0.3, 0.4) is 0 Å². The first kappa shape index (κ1) is 16.9. The van der Waals surface area contributed by atoms with Gasteiger partial charge in [0.15, 0.2) is 0 Å². The largest absolute Gasteiger partial charge is 0.306 e. The summed E-state index contributed by atoms with van der Waals surface area (Å²) in [5.74, 6) is 1.40. The van der Waals surface area contributed by atoms with Crippen LogP contribution in [0.5, 0.6) is 0 Å². The molecule has 3 heteroatoms. The molecule has 0 spiro atoms. The van der Waals surface area contributed by atoms with Crippen LogP contribution in [0.15, 0.2) is 58.3 Å². The monoisotopic (exact) mass is 345 g/mol. The van der Waals surface area contributed by atoms with Crippen molar-refractivity contribution in [3.8, 4) is 0 Å². The normalized spacial score (nSPS) is 21.2. The highest BCUT2D eigenvalue weighted by atomic mass is 35.5. The van der Waals surface area contributed by atoms with Gasteiger partial charge in [0.05, 0.1) is 0 Å². The molecule has 1 fully saturated rings. The number of halogens is 1. The Hall–Kier alpha value is -0.960. The Morgan fingerprint density at radius 3 is 2.22 bits per heavy atom. The number of likely N-dealkylation sites (tertiary alicyclic amines) is 1. The van der Waals surface area contributed by atoms with Crippen LogP contribution >= 0.6 is 24.2 Å². The lowest BCUT2D eigenvalue weighted by Crippen LogP contribution is -2.33. The molecule has 0 radical (unpaired) electrons. The summed E-state index contributed by atoms with van der Waals surface area (Å²) in [5.41, 5.74) is 3.08. The molecule has 0 N–H and O–H groups in total. The average molecular weight is 346 g/mol. The van der Waals surface area contributed by atoms with Crippen molar-refractivity contribution >= 4 is 24.2 Å². The van der Waals surface area contributed by atoms with Gasteiger partial charge in [0.2, 0.25) is 0 Å². The number of hydrogen-bond donors (Lipinski definition) is 0. The van der Waals surface area contributed by atoms with Gasteiger partial charge in [-0.2, -0.15) is 0 Å². The highest BCUT2D eigenvalue weighted by Gasteiger charge is 2.29. The fraction of sp³-hybridized carbons (Fsp3) is 0.400. The van der Waals surface area contributed by atoms with Crippen LogP contribution in [0.1, 0.15) is 36.3 Å². The van der Waals surface area contributed by atoms with Gasteiger partial charge in [0.1, 0.15) is 0 Å². The fourth-order valence-electron chi connectivity index (χ4n) is 4.06. The summed E-state index contributed by atoms with van der Waals surface area (Å²) in [6.07, 6.45) is 4.03. The Bertz CT molecular complexity index is 627. The summed E-state index contributed by atoms with van der Waals surface area (Å²) >= 11 is 1.94. The van der Waals surface area contributed by atoms with Gasteiger partial charge in [-0.1, -0.05) is 48.2 Å². The zero-order valence-electron chi connectivity index (χ0n) is 13.6. The second kappa shape index (κ2) is 7.29. The molecule has 4 rings (SSSR count). The van der Waals surface area contributed by atoms with E-state index in [1.807, 2.05) is 11.8 Å². The van der Waals surface area contributed by atoms with Crippen LogP contribution in [0.25, 0.3) is 0 Å². The lowest BCUT2D eigenvalue weighted by atomic mass is 9.80. The molecule has 0 saturated carbocycles. The van der Waals surface area contributed by atoms with E-state index in [0.717, 1.165) is 5.92 Å². The highest BCUT2D eigenvalue weighted by molar-refractivity contribution is 7.99. The van der Waals surface area contributed by atoms with Crippen LogP contribution in [0.2, 0.25) is 0 Å². The van der Waals surface area contributed by atoms with Gasteiger partial charge in [0.25, 0.3) is 0 Å². The Balaban J connectivity index is 0.00000156. The molecular formula is C20H24ClNS. The van der Waals surface area contributed by atoms with Gasteiger partial charge < -0.3 is 4.90 Å². The van der Waals surface area contributed by atoms with Crippen molar-refractivity contribution < 1.29 is 0 Å². The summed E-state index contributed by atoms with van der Waals surface area (Å²) in [7, 11) is 2.27. The zero-order valence-corrected chi connectivity index (χ0v) is 15.2. The van der Waals surface area contributed by atoms with Crippen LogP contribution < -0.4 is 0 Å². The van der Waals surface area contributed by atoms with Gasteiger partial charge in [-0.15, -0.1) is 12.4 Å². The predicted molar refractivity (Wildman–Crippen MR) is 101 cm³/mol. The second-order valence-electron chi connectivity index (χ2n) is 6.74. The lowest BCUT2D eigenvalue weighted by Gasteiger charge is -2.35. The van der Waals surface area contributed by atoms with Crippen molar-refractivity contribution in [2.24, 2.45) is 5.92 Å². The SMILES string of the molecule is CN1CCC[C@H](CC2c3ccccc3Sc3ccccc32)C1.Cl. The molecule has 0 unspecified atom stereocenters. The first-order valence-corrected chi connectivity index (χ1v) is 9.17. The van der Waals surface area contributed by atoms with Crippen molar-refractivity contribution in [2.75, 3.05) is 20.1 Å². The zero-order chi connectivity index (χ0) is 14.9. The molecule has 2 aromatic carbocycles. The third-order valence-electron chi connectivity index (χ3n) is 5.10. The fourth-order valence-corrected chi connectivity index (χ4v) is 5.25. The summed E-state index contributed by atoms with van der Waals surface area (Å²) in [6.45, 7) is 2.53. The third kappa shape index (κ3) is 3.45. The Kier molecular flexibility index (Phi) is 5.35. The summed E-state index contributed by atoms with van der Waals surface area (Å²) in [5, 5.41) is 0. The van der Waals surface area contributed by atoms with Gasteiger partial charge in [-0.25, -0.2) is 0 Å². The van der Waals surface area contributed by atoms with Gasteiger partial charge >= 0.3 is 0 Å². The molecule has 23 heavy (non-hydrogen) atoms. The maximum absolute atomic E-state index is 2.50. The maximum atomic E-state index is 2.50. The number of benzene rings is 2. The van der Waals surface area contributed by atoms with E-state index < -0.39 is 0 Å². The summed E-state index contributed by atoms with van der Waals surface area (Å²) < 4.78 is 0. The van der Waals surface area contributed by atoms with Gasteiger partial charge in [0, 0.05) is 22.3 Å². The van der Waals surface area contributed by atoms with E-state index in [2.05, 4.69) is 60.5 Å². The molecule has 1 saturated heterocycles. The van der Waals surface area contributed by atoms with Gasteiger partial charge in [-0.05, 0) is 62.0 Å². The van der Waals surface area contributed by atoms with Crippen LogP contribution in [0, 0.1) is 5.92 Å². The van der Waals surface area contributed by atoms with Crippen LogP contribution in [0.4, 0.5) is 0 Å². The number of fused-ring (bicyclic) bond motifs is 2. The first-order valence-electron chi connectivity index (χ1n) is 8.35. The third-order valence-corrected chi connectivity index (χ3v) is 6.28. The smallest absolute Gasteiger partial charge is 0.0160 e. The Labute approximate surface area is 149 Å². The minimum Gasteiger partial charge on any atom is -0.306 e. The maximum Gasteiger partial charge on any atom is 0.0160 e. The van der Waals surface area contributed by atoms with E-state index in [1.54, 1.807) is 11.1 Å². The van der Waals surface area contributed by atoms with E-state index in [4.69, 9.17) is 0 Å². The standard InChI is InChI=1S/C20H23NS.ClH/c1-21-12-6-7-15(14-21)13-18-16-8-2-4-10-19(16)22-20-11-5-3-9-17(18)20;/h2-5,8-11,15,18H,6-7,12-14H2,1H3;1H/t15-;/m1./s1. The number of rotatable bonds is 2. The predicted octanol–water partition coefficient (Wildman–Crippen LogP) is 5.44. The number of nitrogens with zero attached hydrogens (tertiary/aromatic N) is 1. The van der Waals surface area contributed by atoms with E-state index in [9.17, 15) is 0 Å². The van der Waals surface area contributed by atoms with E-state index >= 15 is 0 Å². The minimum atomic E-state index is 0. The average Bonchev–Trinajstić information content (AvgIpc) is 2.55. The molecule has 0 aromatic heterocycles. The van der Waals surface area contributed by atoms with Crippen molar-refractivity contribution in [1.82, 2.24) is 4.90 Å². The second-order valence-corrected chi connectivity index (χ2v) is 7.82. The Morgan fingerprint density at radius 1 is 1.00 bits per heavy atom. The molecule has 2 aliphatic rings. The molecule has 122 valence electrons. The summed E-state index contributed by atoms with van der Waals surface area (Å²) in [6, 6.07) is 18.0. The molecule has 0 amide bonds. The molecule has 0 aliphatic carbocycles. The topological polar surface area (TPSA) is 3.24 Å². The Morgan fingerprint density at radius 2 is 1.61 bits per heavy atom. The first-order chi connectivity index (χ1) is 10.8. The molecule has 2 heterocycles. The number of hydrogen-bond acceptors (Lipinski definition) is 2. The van der Waals surface area contributed by atoms with E-state index in [0.29, 0.717) is 5.92 Å². The molecular weight excluding hydrogens is 322 g/mol. The van der Waals surface area contributed by atoms with Crippen LogP contribution in [-0.4, -0.2) is 25.0 Å². The minimum absolute atomic E-state index is 0. The molecule has 2 aromatic rings. The molecule has 2 aliphatic heterocycles. The number of piperidine rings is 1. The molecule has 1 nitrogen and oxygen atoms in total. The molecule has 0 bridgehead atoms. The van der Waals surface area contributed by atoms with Crippen molar-refractivity contribution in [3.05, 3.63) is 59.7 Å².